The number of benzene rings is 3. The van der Waals surface area contributed by atoms with Gasteiger partial charge in [0.2, 0.25) is 0 Å². The molecule has 2 N–H and O–H groups in total. The molecule has 2 atom stereocenters. The van der Waals surface area contributed by atoms with Gasteiger partial charge < -0.3 is 19.9 Å². The number of aliphatic hydroxyl groups is 1. The second-order valence-corrected chi connectivity index (χ2v) is 7.35. The number of rotatable bonds is 8. The van der Waals surface area contributed by atoms with Crippen LogP contribution in [0, 0.1) is 0 Å². The van der Waals surface area contributed by atoms with E-state index in [1.807, 2.05) is 42.5 Å². The molecule has 0 saturated carbocycles. The monoisotopic (exact) mass is 389 g/mol. The van der Waals surface area contributed by atoms with Crippen LogP contribution < -0.4 is 14.8 Å². The summed E-state index contributed by atoms with van der Waals surface area (Å²) in [4.78, 5) is 0. The molecule has 0 amide bonds. The molecule has 29 heavy (non-hydrogen) atoms. The maximum absolute atomic E-state index is 10.2. The summed E-state index contributed by atoms with van der Waals surface area (Å²) in [6.45, 7) is 2.18. The molecule has 2 unspecified atom stereocenters. The van der Waals surface area contributed by atoms with Gasteiger partial charge in [-0.15, -0.1) is 0 Å². The minimum Gasteiger partial charge on any atom is -0.491 e. The van der Waals surface area contributed by atoms with E-state index in [-0.39, 0.29) is 12.5 Å². The molecular formula is C25H27NO3. The molecule has 0 aromatic heterocycles. The molecule has 4 nitrogen and oxygen atoms in total. The van der Waals surface area contributed by atoms with E-state index in [1.54, 1.807) is 0 Å². The number of para-hydroxylation sites is 2. The van der Waals surface area contributed by atoms with Crippen molar-refractivity contribution < 1.29 is 14.6 Å². The van der Waals surface area contributed by atoms with Gasteiger partial charge in [-0.2, -0.15) is 0 Å². The van der Waals surface area contributed by atoms with Crippen molar-refractivity contribution >= 4 is 0 Å². The fourth-order valence-corrected chi connectivity index (χ4v) is 3.82. The van der Waals surface area contributed by atoms with Gasteiger partial charge in [0.25, 0.3) is 0 Å². The third-order valence-corrected chi connectivity index (χ3v) is 5.28. The van der Waals surface area contributed by atoms with Crippen molar-refractivity contribution in [3.8, 4) is 11.5 Å². The van der Waals surface area contributed by atoms with E-state index in [0.717, 1.165) is 24.5 Å². The Kier molecular flexibility index (Phi) is 6.45. The van der Waals surface area contributed by atoms with Crippen LogP contribution in [0.15, 0.2) is 78.9 Å². The van der Waals surface area contributed by atoms with Crippen LogP contribution in [0.4, 0.5) is 0 Å². The highest BCUT2D eigenvalue weighted by molar-refractivity contribution is 5.46. The Morgan fingerprint density at radius 2 is 1.66 bits per heavy atom. The van der Waals surface area contributed by atoms with Crippen LogP contribution in [-0.2, 0) is 6.61 Å². The number of aliphatic hydroxyl groups excluding tert-OH is 1. The van der Waals surface area contributed by atoms with Crippen LogP contribution in [0.5, 0.6) is 11.5 Å². The van der Waals surface area contributed by atoms with Crippen molar-refractivity contribution in [3.05, 3.63) is 95.6 Å². The average molecular weight is 389 g/mol. The number of ether oxygens (including phenoxy) is 2. The zero-order chi connectivity index (χ0) is 19.9. The first-order valence-corrected chi connectivity index (χ1v) is 10.2. The third kappa shape index (κ3) is 4.97. The summed E-state index contributed by atoms with van der Waals surface area (Å²) in [5.74, 6) is 2.01. The molecule has 3 aromatic carbocycles. The summed E-state index contributed by atoms with van der Waals surface area (Å²) >= 11 is 0. The summed E-state index contributed by atoms with van der Waals surface area (Å²) < 4.78 is 11.7. The molecule has 4 rings (SSSR count). The number of fused-ring (bicyclic) bond motifs is 2. The van der Waals surface area contributed by atoms with Crippen molar-refractivity contribution in [2.24, 2.45) is 0 Å². The van der Waals surface area contributed by atoms with Crippen LogP contribution in [0.1, 0.15) is 29.0 Å². The van der Waals surface area contributed by atoms with Crippen molar-refractivity contribution in [1.29, 1.82) is 0 Å². The van der Waals surface area contributed by atoms with Crippen molar-refractivity contribution in [2.45, 2.75) is 25.0 Å². The smallest absolute Gasteiger partial charge is 0.123 e. The molecule has 1 aliphatic rings. The quantitative estimate of drug-likeness (QED) is 0.569. The molecule has 0 aliphatic carbocycles. The van der Waals surface area contributed by atoms with E-state index in [2.05, 4.69) is 41.7 Å². The number of hydrogen-bond acceptors (Lipinski definition) is 4. The van der Waals surface area contributed by atoms with Gasteiger partial charge in [0.1, 0.15) is 30.8 Å². The number of nitrogens with one attached hydrogen (secondary N) is 1. The Labute approximate surface area is 172 Å². The molecular weight excluding hydrogens is 362 g/mol. The molecule has 0 bridgehead atoms. The minimum absolute atomic E-state index is 0.273. The lowest BCUT2D eigenvalue weighted by atomic mass is 9.86. The molecule has 0 saturated heterocycles. The number of hydrogen-bond donors (Lipinski definition) is 2. The molecule has 1 heterocycles. The van der Waals surface area contributed by atoms with Gasteiger partial charge in [-0.05, 0) is 42.3 Å². The van der Waals surface area contributed by atoms with E-state index in [1.165, 1.54) is 16.7 Å². The molecule has 0 radical (unpaired) electrons. The summed E-state index contributed by atoms with van der Waals surface area (Å²) in [5, 5.41) is 13.6. The maximum atomic E-state index is 10.2. The van der Waals surface area contributed by atoms with Crippen LogP contribution in [0.25, 0.3) is 0 Å². The van der Waals surface area contributed by atoms with Gasteiger partial charge in [0, 0.05) is 18.0 Å². The lowest BCUT2D eigenvalue weighted by molar-refractivity contribution is 0.106. The van der Waals surface area contributed by atoms with Crippen LogP contribution >= 0.6 is 0 Å². The maximum Gasteiger partial charge on any atom is 0.123 e. The van der Waals surface area contributed by atoms with Gasteiger partial charge >= 0.3 is 0 Å². The van der Waals surface area contributed by atoms with E-state index in [9.17, 15) is 5.11 Å². The average Bonchev–Trinajstić information content (AvgIpc) is 2.93. The molecule has 0 fully saturated rings. The summed E-state index contributed by atoms with van der Waals surface area (Å²) in [5.41, 5.74) is 3.80. The predicted octanol–water partition coefficient (Wildman–Crippen LogP) is 4.13. The molecule has 0 spiro atoms. The topological polar surface area (TPSA) is 50.7 Å². The largest absolute Gasteiger partial charge is 0.491 e. The Bertz CT molecular complexity index is 865. The van der Waals surface area contributed by atoms with E-state index in [0.29, 0.717) is 13.2 Å². The molecule has 3 aromatic rings. The Hall–Kier alpha value is -2.82. The fraction of sp³-hybridized carbons (Fsp3) is 0.280. The normalized spacial score (nSPS) is 16.1. The highest BCUT2D eigenvalue weighted by atomic mass is 16.5. The summed E-state index contributed by atoms with van der Waals surface area (Å²) in [7, 11) is 0. The van der Waals surface area contributed by atoms with Gasteiger partial charge in [-0.1, -0.05) is 60.7 Å². The Morgan fingerprint density at radius 3 is 2.52 bits per heavy atom. The van der Waals surface area contributed by atoms with Crippen molar-refractivity contribution in [3.63, 3.8) is 0 Å². The Morgan fingerprint density at radius 1 is 0.931 bits per heavy atom. The fourth-order valence-electron chi connectivity index (χ4n) is 3.82. The summed E-state index contributed by atoms with van der Waals surface area (Å²) in [6, 6.07) is 26.4. The first kappa shape index (κ1) is 19.5. The Balaban J connectivity index is 1.33. The molecule has 4 heteroatoms. The van der Waals surface area contributed by atoms with Gasteiger partial charge in [-0.25, -0.2) is 0 Å². The molecule has 1 aliphatic heterocycles. The lowest BCUT2D eigenvalue weighted by Gasteiger charge is -2.20. The highest BCUT2D eigenvalue weighted by Gasteiger charge is 2.23. The second-order valence-electron chi connectivity index (χ2n) is 7.35. The van der Waals surface area contributed by atoms with Gasteiger partial charge in [0.15, 0.2) is 0 Å². The van der Waals surface area contributed by atoms with Crippen LogP contribution in [0.3, 0.4) is 0 Å². The predicted molar refractivity (Wildman–Crippen MR) is 114 cm³/mol. The van der Waals surface area contributed by atoms with Crippen molar-refractivity contribution in [1.82, 2.24) is 5.32 Å². The van der Waals surface area contributed by atoms with Gasteiger partial charge in [-0.3, -0.25) is 0 Å². The third-order valence-electron chi connectivity index (χ3n) is 5.28. The first-order valence-electron chi connectivity index (χ1n) is 10.2. The molecule has 150 valence electrons. The standard InChI is InChI=1S/C25H27NO3/c27-20(18-28-21-9-2-1-3-10-21)16-26-15-14-23-22-11-5-4-8-19(22)17-29-25-13-7-6-12-24(23)25/h1-13,20,23,26-27H,14-18H2. The zero-order valence-electron chi connectivity index (χ0n) is 16.5. The van der Waals surface area contributed by atoms with E-state index in [4.69, 9.17) is 9.47 Å². The zero-order valence-corrected chi connectivity index (χ0v) is 16.5. The van der Waals surface area contributed by atoms with Crippen molar-refractivity contribution in [2.75, 3.05) is 19.7 Å². The second kappa shape index (κ2) is 9.59. The summed E-state index contributed by atoms with van der Waals surface area (Å²) in [6.07, 6.45) is 0.385. The lowest BCUT2D eigenvalue weighted by Crippen LogP contribution is -2.32. The first-order chi connectivity index (χ1) is 14.3. The van der Waals surface area contributed by atoms with Gasteiger partial charge in [0.05, 0.1) is 0 Å². The SMILES string of the molecule is OC(CNCCC1c2ccccc2COc2ccccc21)COc1ccccc1. The highest BCUT2D eigenvalue weighted by Crippen LogP contribution is 2.38. The minimum atomic E-state index is -0.549. The van der Waals surface area contributed by atoms with E-state index < -0.39 is 6.10 Å². The van der Waals surface area contributed by atoms with E-state index >= 15 is 0 Å². The van der Waals surface area contributed by atoms with Crippen LogP contribution in [0.2, 0.25) is 0 Å². The van der Waals surface area contributed by atoms with Crippen LogP contribution in [-0.4, -0.2) is 30.9 Å².